The number of amides is 1. The molecule has 0 heterocycles. The lowest BCUT2D eigenvalue weighted by Crippen LogP contribution is -2.42. The van der Waals surface area contributed by atoms with Crippen molar-refractivity contribution >= 4 is 6.09 Å². The molecule has 0 aromatic carbocycles. The zero-order valence-electron chi connectivity index (χ0n) is 10.5. The smallest absolute Gasteiger partial charge is 0.407 e. The van der Waals surface area contributed by atoms with Crippen LogP contribution in [0.5, 0.6) is 0 Å². The molecule has 0 aliphatic carbocycles. The van der Waals surface area contributed by atoms with E-state index in [1.54, 1.807) is 20.8 Å². The molecular formula is C11H23NO4. The van der Waals surface area contributed by atoms with E-state index < -0.39 is 11.7 Å². The lowest BCUT2D eigenvalue weighted by Gasteiger charge is -2.23. The van der Waals surface area contributed by atoms with E-state index >= 15 is 0 Å². The number of aliphatic hydroxyl groups excluding tert-OH is 2. The van der Waals surface area contributed by atoms with Gasteiger partial charge in [0.1, 0.15) is 5.60 Å². The van der Waals surface area contributed by atoms with Gasteiger partial charge in [0, 0.05) is 6.61 Å². The molecule has 0 saturated heterocycles. The Kier molecular flexibility index (Phi) is 6.36. The lowest BCUT2D eigenvalue weighted by molar-refractivity contribution is 0.0467. The number of rotatable bonds is 5. The highest BCUT2D eigenvalue weighted by molar-refractivity contribution is 5.68. The summed E-state index contributed by atoms with van der Waals surface area (Å²) in [5, 5.41) is 20.5. The highest BCUT2D eigenvalue weighted by Gasteiger charge is 2.20. The summed E-state index contributed by atoms with van der Waals surface area (Å²) < 4.78 is 5.06. The van der Waals surface area contributed by atoms with Gasteiger partial charge in [0.15, 0.2) is 0 Å². The first-order chi connectivity index (χ1) is 7.28. The summed E-state index contributed by atoms with van der Waals surface area (Å²) in [5.41, 5.74) is -0.549. The Morgan fingerprint density at radius 1 is 1.31 bits per heavy atom. The van der Waals surface area contributed by atoms with E-state index in [-0.39, 0.29) is 25.2 Å². The quantitative estimate of drug-likeness (QED) is 0.659. The molecule has 16 heavy (non-hydrogen) atoms. The number of hydrogen-bond donors (Lipinski definition) is 3. The molecule has 2 atom stereocenters. The second kappa shape index (κ2) is 6.70. The van der Waals surface area contributed by atoms with Crippen molar-refractivity contribution in [2.24, 2.45) is 5.92 Å². The molecule has 0 aliphatic heterocycles. The number of ether oxygens (including phenoxy) is 1. The number of aliphatic hydroxyl groups is 2. The Labute approximate surface area is 96.8 Å². The fourth-order valence-corrected chi connectivity index (χ4v) is 1.21. The first-order valence-electron chi connectivity index (χ1n) is 5.49. The SMILES string of the molecule is CC(CO)CC(CO)NC(=O)OC(C)(C)C. The number of carbonyl (C=O) groups is 1. The van der Waals surface area contributed by atoms with Crippen molar-refractivity contribution in [2.45, 2.75) is 45.8 Å². The molecule has 0 radical (unpaired) electrons. The van der Waals surface area contributed by atoms with Crippen LogP contribution in [0.4, 0.5) is 4.79 Å². The summed E-state index contributed by atoms with van der Waals surface area (Å²) in [6.45, 7) is 7.04. The molecule has 0 aromatic heterocycles. The number of carbonyl (C=O) groups excluding carboxylic acids is 1. The minimum absolute atomic E-state index is 0.0342. The largest absolute Gasteiger partial charge is 0.444 e. The second-order valence-corrected chi connectivity index (χ2v) is 5.05. The highest BCUT2D eigenvalue weighted by Crippen LogP contribution is 2.09. The maximum absolute atomic E-state index is 11.4. The summed E-state index contributed by atoms with van der Waals surface area (Å²) in [6, 6.07) is -0.378. The van der Waals surface area contributed by atoms with Crippen molar-refractivity contribution in [3.8, 4) is 0 Å². The average Bonchev–Trinajstić information content (AvgIpc) is 2.13. The first kappa shape index (κ1) is 15.2. The van der Waals surface area contributed by atoms with Gasteiger partial charge in [0.25, 0.3) is 0 Å². The Balaban J connectivity index is 4.07. The van der Waals surface area contributed by atoms with Crippen LogP contribution in [0.15, 0.2) is 0 Å². The van der Waals surface area contributed by atoms with E-state index in [1.165, 1.54) is 0 Å². The van der Waals surface area contributed by atoms with Gasteiger partial charge in [-0.05, 0) is 33.1 Å². The van der Waals surface area contributed by atoms with E-state index in [4.69, 9.17) is 14.9 Å². The Morgan fingerprint density at radius 3 is 2.25 bits per heavy atom. The molecule has 0 bridgehead atoms. The normalized spacial score (nSPS) is 15.4. The molecule has 96 valence electrons. The molecule has 3 N–H and O–H groups in total. The fourth-order valence-electron chi connectivity index (χ4n) is 1.21. The van der Waals surface area contributed by atoms with Gasteiger partial charge in [-0.25, -0.2) is 4.79 Å². The molecule has 5 heteroatoms. The van der Waals surface area contributed by atoms with E-state index in [9.17, 15) is 4.79 Å². The van der Waals surface area contributed by atoms with Crippen LogP contribution >= 0.6 is 0 Å². The molecule has 0 saturated carbocycles. The van der Waals surface area contributed by atoms with Gasteiger partial charge in [-0.1, -0.05) is 6.92 Å². The highest BCUT2D eigenvalue weighted by atomic mass is 16.6. The summed E-state index contributed by atoms with van der Waals surface area (Å²) in [4.78, 5) is 11.4. The molecule has 0 fully saturated rings. The monoisotopic (exact) mass is 233 g/mol. The molecule has 1 amide bonds. The number of alkyl carbamates (subject to hydrolysis) is 1. The molecular weight excluding hydrogens is 210 g/mol. The average molecular weight is 233 g/mol. The van der Waals surface area contributed by atoms with Crippen molar-refractivity contribution in [1.29, 1.82) is 0 Å². The van der Waals surface area contributed by atoms with Crippen molar-refractivity contribution in [2.75, 3.05) is 13.2 Å². The molecule has 5 nitrogen and oxygen atoms in total. The molecule has 0 aromatic rings. The van der Waals surface area contributed by atoms with Crippen LogP contribution in [-0.2, 0) is 4.74 Å². The van der Waals surface area contributed by atoms with Gasteiger partial charge in [0.2, 0.25) is 0 Å². The van der Waals surface area contributed by atoms with Gasteiger partial charge in [-0.3, -0.25) is 0 Å². The van der Waals surface area contributed by atoms with Gasteiger partial charge in [-0.15, -0.1) is 0 Å². The molecule has 0 aliphatic rings. The van der Waals surface area contributed by atoms with E-state index in [1.807, 2.05) is 6.92 Å². The Hall–Kier alpha value is -0.810. The topological polar surface area (TPSA) is 78.8 Å². The summed E-state index contributed by atoms with van der Waals surface area (Å²) in [6.07, 6.45) is -0.0246. The molecule has 0 spiro atoms. The standard InChI is InChI=1S/C11H23NO4/c1-8(6-13)5-9(7-14)12-10(15)16-11(2,3)4/h8-9,13-14H,5-7H2,1-4H3,(H,12,15). The van der Waals surface area contributed by atoms with E-state index in [2.05, 4.69) is 5.32 Å². The number of hydrogen-bond acceptors (Lipinski definition) is 4. The van der Waals surface area contributed by atoms with Gasteiger partial charge >= 0.3 is 6.09 Å². The predicted molar refractivity (Wildman–Crippen MR) is 61.1 cm³/mol. The van der Waals surface area contributed by atoms with Gasteiger partial charge in [0.05, 0.1) is 12.6 Å². The summed E-state index contributed by atoms with van der Waals surface area (Å²) >= 11 is 0. The molecule has 0 rings (SSSR count). The minimum atomic E-state index is -0.549. The maximum Gasteiger partial charge on any atom is 0.407 e. The fraction of sp³-hybridized carbons (Fsp3) is 0.909. The van der Waals surface area contributed by atoms with Gasteiger partial charge in [-0.2, -0.15) is 0 Å². The van der Waals surface area contributed by atoms with Crippen molar-refractivity contribution in [3.63, 3.8) is 0 Å². The van der Waals surface area contributed by atoms with Gasteiger partial charge < -0.3 is 20.3 Å². The van der Waals surface area contributed by atoms with E-state index in [0.29, 0.717) is 6.42 Å². The van der Waals surface area contributed by atoms with Crippen LogP contribution in [0.25, 0.3) is 0 Å². The van der Waals surface area contributed by atoms with Crippen molar-refractivity contribution < 1.29 is 19.7 Å². The third-order valence-electron chi connectivity index (χ3n) is 1.94. The zero-order valence-corrected chi connectivity index (χ0v) is 10.5. The van der Waals surface area contributed by atoms with Crippen molar-refractivity contribution in [3.05, 3.63) is 0 Å². The number of nitrogens with one attached hydrogen (secondary N) is 1. The minimum Gasteiger partial charge on any atom is -0.444 e. The van der Waals surface area contributed by atoms with Crippen LogP contribution in [0.3, 0.4) is 0 Å². The third kappa shape index (κ3) is 7.48. The van der Waals surface area contributed by atoms with Crippen LogP contribution in [-0.4, -0.2) is 41.2 Å². The third-order valence-corrected chi connectivity index (χ3v) is 1.94. The van der Waals surface area contributed by atoms with Crippen LogP contribution in [0, 0.1) is 5.92 Å². The summed E-state index contributed by atoms with van der Waals surface area (Å²) in [7, 11) is 0. The van der Waals surface area contributed by atoms with Crippen LogP contribution in [0.1, 0.15) is 34.1 Å². The summed E-state index contributed by atoms with van der Waals surface area (Å²) in [5.74, 6) is 0.0343. The first-order valence-corrected chi connectivity index (χ1v) is 5.49. The van der Waals surface area contributed by atoms with Crippen LogP contribution < -0.4 is 5.32 Å². The Bertz CT molecular complexity index is 213. The lowest BCUT2D eigenvalue weighted by atomic mass is 10.0. The van der Waals surface area contributed by atoms with Crippen LogP contribution in [0.2, 0.25) is 0 Å². The van der Waals surface area contributed by atoms with E-state index in [0.717, 1.165) is 0 Å². The maximum atomic E-state index is 11.4. The molecule has 2 unspecified atom stereocenters. The van der Waals surface area contributed by atoms with Crippen molar-refractivity contribution in [1.82, 2.24) is 5.32 Å². The predicted octanol–water partition coefficient (Wildman–Crippen LogP) is 0.890. The second-order valence-electron chi connectivity index (χ2n) is 5.05. The zero-order chi connectivity index (χ0) is 12.8. The Morgan fingerprint density at radius 2 is 1.88 bits per heavy atom.